The third kappa shape index (κ3) is 3.36. The van der Waals surface area contributed by atoms with E-state index in [1.54, 1.807) is 17.0 Å². The lowest BCUT2D eigenvalue weighted by Crippen LogP contribution is -2.12. The van der Waals surface area contributed by atoms with E-state index >= 15 is 0 Å². The average Bonchev–Trinajstić information content (AvgIpc) is 3.15. The lowest BCUT2D eigenvalue weighted by molar-refractivity contribution is 0.836. The van der Waals surface area contributed by atoms with Crippen LogP contribution in [0, 0.1) is 6.92 Å². The molecule has 0 aliphatic carbocycles. The SMILES string of the molecule is CSc1nc(NCCSCc2nc[nH]c2C)n2nccc2n1. The van der Waals surface area contributed by atoms with Crippen LogP contribution in [-0.2, 0) is 5.75 Å². The van der Waals surface area contributed by atoms with Gasteiger partial charge in [-0.05, 0) is 13.2 Å². The van der Waals surface area contributed by atoms with Crippen molar-refractivity contribution < 1.29 is 0 Å². The Balaban J connectivity index is 1.55. The van der Waals surface area contributed by atoms with Crippen molar-refractivity contribution in [3.05, 3.63) is 30.0 Å². The van der Waals surface area contributed by atoms with Crippen molar-refractivity contribution in [3.8, 4) is 0 Å². The van der Waals surface area contributed by atoms with Crippen LogP contribution in [0.15, 0.2) is 23.7 Å². The van der Waals surface area contributed by atoms with Crippen LogP contribution in [0.3, 0.4) is 0 Å². The first-order valence-electron chi connectivity index (χ1n) is 6.84. The fourth-order valence-corrected chi connectivity index (χ4v) is 3.19. The van der Waals surface area contributed by atoms with Gasteiger partial charge in [0.2, 0.25) is 5.95 Å². The number of aromatic amines is 1. The number of imidazole rings is 1. The molecular formula is C13H17N7S2. The normalized spacial score (nSPS) is 11.2. The maximum atomic E-state index is 4.47. The van der Waals surface area contributed by atoms with Crippen LogP contribution in [0.5, 0.6) is 0 Å². The van der Waals surface area contributed by atoms with Gasteiger partial charge < -0.3 is 10.3 Å². The van der Waals surface area contributed by atoms with E-state index in [4.69, 9.17) is 0 Å². The van der Waals surface area contributed by atoms with Gasteiger partial charge in [-0.1, -0.05) is 11.8 Å². The summed E-state index contributed by atoms with van der Waals surface area (Å²) in [6.07, 6.45) is 5.44. The standard InChI is InChI=1S/C13H17N7S2/c1-9-10(16-8-15-9)7-22-6-5-14-12-19-13(21-2)18-11-3-4-17-20(11)12/h3-4,8H,5-7H2,1-2H3,(H,15,16)(H,14,18,19). The second kappa shape index (κ2) is 7.01. The highest BCUT2D eigenvalue weighted by Gasteiger charge is 2.07. The minimum Gasteiger partial charge on any atom is -0.353 e. The van der Waals surface area contributed by atoms with E-state index < -0.39 is 0 Å². The molecule has 0 saturated carbocycles. The Kier molecular flexibility index (Phi) is 4.84. The molecule has 0 amide bonds. The van der Waals surface area contributed by atoms with E-state index in [1.165, 1.54) is 11.8 Å². The fourth-order valence-electron chi connectivity index (χ4n) is 1.95. The molecule has 7 nitrogen and oxygen atoms in total. The van der Waals surface area contributed by atoms with Gasteiger partial charge in [-0.15, -0.1) is 0 Å². The van der Waals surface area contributed by atoms with Crippen LogP contribution in [0.4, 0.5) is 5.95 Å². The van der Waals surface area contributed by atoms with E-state index in [1.807, 2.05) is 31.0 Å². The zero-order chi connectivity index (χ0) is 15.4. The molecule has 0 unspecified atom stereocenters. The molecule has 0 saturated heterocycles. The van der Waals surface area contributed by atoms with Crippen LogP contribution < -0.4 is 5.32 Å². The summed E-state index contributed by atoms with van der Waals surface area (Å²) in [5.41, 5.74) is 3.06. The minimum absolute atomic E-state index is 0.732. The zero-order valence-corrected chi connectivity index (χ0v) is 14.0. The van der Waals surface area contributed by atoms with E-state index in [9.17, 15) is 0 Å². The smallest absolute Gasteiger partial charge is 0.228 e. The van der Waals surface area contributed by atoms with Gasteiger partial charge in [-0.2, -0.15) is 26.4 Å². The molecule has 0 aromatic carbocycles. The Morgan fingerprint density at radius 3 is 3.05 bits per heavy atom. The van der Waals surface area contributed by atoms with Crippen molar-refractivity contribution >= 4 is 35.1 Å². The van der Waals surface area contributed by atoms with Crippen molar-refractivity contribution in [1.29, 1.82) is 0 Å². The van der Waals surface area contributed by atoms with Crippen molar-refractivity contribution in [2.75, 3.05) is 23.9 Å². The molecule has 3 aromatic rings. The summed E-state index contributed by atoms with van der Waals surface area (Å²) in [5.74, 6) is 2.61. The van der Waals surface area contributed by atoms with E-state index in [2.05, 4.69) is 30.4 Å². The number of aromatic nitrogens is 6. The average molecular weight is 335 g/mol. The van der Waals surface area contributed by atoms with Crippen molar-refractivity contribution in [2.45, 2.75) is 17.8 Å². The summed E-state index contributed by atoms with van der Waals surface area (Å²) in [4.78, 5) is 16.3. The Bertz CT molecular complexity index is 752. The third-order valence-electron chi connectivity index (χ3n) is 3.12. The van der Waals surface area contributed by atoms with Crippen molar-refractivity contribution in [3.63, 3.8) is 0 Å². The molecule has 0 fully saturated rings. The third-order valence-corrected chi connectivity index (χ3v) is 4.64. The molecule has 9 heteroatoms. The van der Waals surface area contributed by atoms with Crippen LogP contribution in [0.25, 0.3) is 5.65 Å². The topological polar surface area (TPSA) is 83.8 Å². The minimum atomic E-state index is 0.732. The number of thioether (sulfide) groups is 2. The van der Waals surface area contributed by atoms with E-state index in [0.29, 0.717) is 0 Å². The van der Waals surface area contributed by atoms with Crippen molar-refractivity contribution in [1.82, 2.24) is 29.5 Å². The van der Waals surface area contributed by atoms with Crippen molar-refractivity contribution in [2.24, 2.45) is 0 Å². The molecule has 22 heavy (non-hydrogen) atoms. The molecular weight excluding hydrogens is 318 g/mol. The molecule has 0 bridgehead atoms. The molecule has 0 radical (unpaired) electrons. The van der Waals surface area contributed by atoms with Gasteiger partial charge in [0.05, 0.1) is 18.2 Å². The molecule has 0 aliphatic heterocycles. The molecule has 3 rings (SSSR count). The van der Waals surface area contributed by atoms with Crippen LogP contribution in [-0.4, -0.2) is 48.1 Å². The number of nitrogens with zero attached hydrogens (tertiary/aromatic N) is 5. The quantitative estimate of drug-likeness (QED) is 0.506. The van der Waals surface area contributed by atoms with Gasteiger partial charge in [0.25, 0.3) is 0 Å². The lowest BCUT2D eigenvalue weighted by atomic mass is 10.4. The summed E-state index contributed by atoms with van der Waals surface area (Å²) in [6.45, 7) is 2.86. The molecule has 3 aromatic heterocycles. The number of nitrogens with one attached hydrogen (secondary N) is 2. The highest BCUT2D eigenvalue weighted by Crippen LogP contribution is 2.15. The Morgan fingerprint density at radius 2 is 2.27 bits per heavy atom. The van der Waals surface area contributed by atoms with Gasteiger partial charge >= 0.3 is 0 Å². The maximum Gasteiger partial charge on any atom is 0.228 e. The van der Waals surface area contributed by atoms with Gasteiger partial charge in [-0.3, -0.25) is 0 Å². The predicted octanol–water partition coefficient (Wildman–Crippen LogP) is 2.22. The van der Waals surface area contributed by atoms with E-state index in [-0.39, 0.29) is 0 Å². The molecule has 0 aliphatic rings. The van der Waals surface area contributed by atoms with Gasteiger partial charge in [-0.25, -0.2) is 9.97 Å². The Labute approximate surface area is 136 Å². The molecule has 0 spiro atoms. The highest BCUT2D eigenvalue weighted by atomic mass is 32.2. The number of anilines is 1. The number of H-pyrrole nitrogens is 1. The number of fused-ring (bicyclic) bond motifs is 1. The highest BCUT2D eigenvalue weighted by molar-refractivity contribution is 7.98. The van der Waals surface area contributed by atoms with Crippen LogP contribution >= 0.6 is 23.5 Å². The fraction of sp³-hybridized carbons (Fsp3) is 0.385. The second-order valence-electron chi connectivity index (χ2n) is 4.59. The number of aryl methyl sites for hydroxylation is 1. The Hall–Kier alpha value is -1.74. The first kappa shape index (κ1) is 15.2. The van der Waals surface area contributed by atoms with Gasteiger partial charge in [0, 0.05) is 29.8 Å². The summed E-state index contributed by atoms with van der Waals surface area (Å²) >= 11 is 3.36. The summed E-state index contributed by atoms with van der Waals surface area (Å²) in [7, 11) is 0. The first-order chi connectivity index (χ1) is 10.8. The number of rotatable bonds is 7. The summed E-state index contributed by atoms with van der Waals surface area (Å²) in [5, 5.41) is 8.32. The zero-order valence-electron chi connectivity index (χ0n) is 12.4. The largest absolute Gasteiger partial charge is 0.353 e. The predicted molar refractivity (Wildman–Crippen MR) is 90.5 cm³/mol. The van der Waals surface area contributed by atoms with Gasteiger partial charge in [0.15, 0.2) is 10.8 Å². The molecule has 2 N–H and O–H groups in total. The lowest BCUT2D eigenvalue weighted by Gasteiger charge is -2.08. The van der Waals surface area contributed by atoms with E-state index in [0.717, 1.165) is 46.2 Å². The Morgan fingerprint density at radius 1 is 1.36 bits per heavy atom. The van der Waals surface area contributed by atoms with Gasteiger partial charge in [0.1, 0.15) is 0 Å². The number of hydrogen-bond donors (Lipinski definition) is 2. The second-order valence-corrected chi connectivity index (χ2v) is 6.47. The van der Waals surface area contributed by atoms with Crippen LogP contribution in [0.1, 0.15) is 11.4 Å². The first-order valence-corrected chi connectivity index (χ1v) is 9.22. The number of hydrogen-bond acceptors (Lipinski definition) is 7. The van der Waals surface area contributed by atoms with Crippen LogP contribution in [0.2, 0.25) is 0 Å². The molecule has 116 valence electrons. The summed E-state index contributed by atoms with van der Waals surface area (Å²) < 4.78 is 1.72. The monoisotopic (exact) mass is 335 g/mol. The maximum absolute atomic E-state index is 4.47. The summed E-state index contributed by atoms with van der Waals surface area (Å²) in [6, 6.07) is 1.88. The molecule has 3 heterocycles. The molecule has 0 atom stereocenters.